The highest BCUT2D eigenvalue weighted by atomic mass is 19.1. The second-order valence-electron chi connectivity index (χ2n) is 8.94. The van der Waals surface area contributed by atoms with Gasteiger partial charge in [0.05, 0.1) is 29.7 Å². The Labute approximate surface area is 208 Å². The van der Waals surface area contributed by atoms with Crippen LogP contribution < -0.4 is 4.74 Å². The van der Waals surface area contributed by atoms with E-state index >= 15 is 0 Å². The number of ether oxygens (including phenoxy) is 2. The molecule has 6 nitrogen and oxygen atoms in total. The number of hydrogen-bond acceptors (Lipinski definition) is 5. The molecule has 0 aliphatic rings. The molecule has 35 heavy (non-hydrogen) atoms. The first-order valence-electron chi connectivity index (χ1n) is 12.5. The van der Waals surface area contributed by atoms with Gasteiger partial charge < -0.3 is 14.6 Å². The zero-order valence-electron chi connectivity index (χ0n) is 21.3. The van der Waals surface area contributed by atoms with E-state index in [9.17, 15) is 9.50 Å². The molecule has 0 amide bonds. The smallest absolute Gasteiger partial charge is 0.227 e. The summed E-state index contributed by atoms with van der Waals surface area (Å²) >= 11 is 0. The van der Waals surface area contributed by atoms with Crippen molar-refractivity contribution in [1.29, 1.82) is 0 Å². The Bertz CT molecular complexity index is 1020. The monoisotopic (exact) mass is 483 g/mol. The maximum atomic E-state index is 13.5. The predicted molar refractivity (Wildman–Crippen MR) is 137 cm³/mol. The minimum atomic E-state index is -0.591. The van der Waals surface area contributed by atoms with Crippen LogP contribution in [0.4, 0.5) is 4.39 Å². The van der Waals surface area contributed by atoms with Crippen LogP contribution in [0.3, 0.4) is 0 Å². The summed E-state index contributed by atoms with van der Waals surface area (Å²) in [7, 11) is 0. The molecule has 3 aromatic rings. The maximum Gasteiger partial charge on any atom is 0.227 e. The molecular weight excluding hydrogens is 445 g/mol. The van der Waals surface area contributed by atoms with Crippen LogP contribution in [-0.4, -0.2) is 51.7 Å². The van der Waals surface area contributed by atoms with E-state index in [1.807, 2.05) is 37.3 Å². The lowest BCUT2D eigenvalue weighted by atomic mass is 10.1. The van der Waals surface area contributed by atoms with E-state index in [-0.39, 0.29) is 11.9 Å². The van der Waals surface area contributed by atoms with Crippen molar-refractivity contribution in [2.45, 2.75) is 65.6 Å². The molecule has 0 unspecified atom stereocenters. The van der Waals surface area contributed by atoms with Crippen LogP contribution in [-0.2, 0) is 11.3 Å². The molecule has 0 saturated carbocycles. The number of hydrogen-bond donors (Lipinski definition) is 1. The molecule has 1 heterocycles. The quantitative estimate of drug-likeness (QED) is 0.290. The first-order chi connectivity index (χ1) is 16.9. The minimum Gasteiger partial charge on any atom is -0.439 e. The first kappa shape index (κ1) is 26.9. The van der Waals surface area contributed by atoms with Crippen molar-refractivity contribution < 1.29 is 19.0 Å². The van der Waals surface area contributed by atoms with Gasteiger partial charge in [-0.1, -0.05) is 38.5 Å². The normalized spacial score (nSPS) is 13.2. The van der Waals surface area contributed by atoms with Crippen LogP contribution >= 0.6 is 0 Å². The number of aromatic nitrogens is 2. The molecule has 0 radical (unpaired) electrons. The number of nitrogens with zero attached hydrogens (tertiary/aromatic N) is 3. The topological polar surface area (TPSA) is 59.8 Å². The largest absolute Gasteiger partial charge is 0.439 e. The zero-order valence-corrected chi connectivity index (χ0v) is 21.3. The van der Waals surface area contributed by atoms with Crippen LogP contribution in [0.1, 0.15) is 51.3 Å². The molecule has 1 aromatic heterocycles. The molecule has 0 bridgehead atoms. The molecule has 0 spiro atoms. The minimum absolute atomic E-state index is 0.235. The summed E-state index contributed by atoms with van der Waals surface area (Å²) in [5.41, 5.74) is 2.64. The van der Waals surface area contributed by atoms with Gasteiger partial charge in [0.15, 0.2) is 0 Å². The fraction of sp³-hybridized carbons (Fsp3) is 0.464. The van der Waals surface area contributed by atoms with Gasteiger partial charge >= 0.3 is 0 Å². The van der Waals surface area contributed by atoms with E-state index in [1.165, 1.54) is 12.1 Å². The highest BCUT2D eigenvalue weighted by molar-refractivity contribution is 5.43. The lowest BCUT2D eigenvalue weighted by molar-refractivity contribution is 0.00658. The van der Waals surface area contributed by atoms with E-state index in [0.29, 0.717) is 37.9 Å². The Morgan fingerprint density at radius 2 is 1.80 bits per heavy atom. The van der Waals surface area contributed by atoms with Crippen LogP contribution in [0, 0.1) is 12.7 Å². The number of aliphatic hydroxyl groups excluding tert-OH is 1. The van der Waals surface area contributed by atoms with Crippen molar-refractivity contribution >= 4 is 0 Å². The van der Waals surface area contributed by atoms with Crippen molar-refractivity contribution in [3.05, 3.63) is 71.7 Å². The van der Waals surface area contributed by atoms with E-state index in [0.717, 1.165) is 36.2 Å². The van der Waals surface area contributed by atoms with Crippen molar-refractivity contribution in [1.82, 2.24) is 14.7 Å². The third kappa shape index (κ3) is 7.62. The highest BCUT2D eigenvalue weighted by Crippen LogP contribution is 2.32. The van der Waals surface area contributed by atoms with Crippen LogP contribution in [0.5, 0.6) is 11.6 Å². The van der Waals surface area contributed by atoms with Crippen LogP contribution in [0.25, 0.3) is 5.69 Å². The molecule has 3 rings (SSSR count). The Morgan fingerprint density at radius 1 is 1.09 bits per heavy atom. The molecule has 0 aliphatic carbocycles. The average molecular weight is 484 g/mol. The van der Waals surface area contributed by atoms with E-state index < -0.39 is 6.10 Å². The summed E-state index contributed by atoms with van der Waals surface area (Å²) in [6, 6.07) is 16.0. The molecule has 190 valence electrons. The molecule has 0 fully saturated rings. The van der Waals surface area contributed by atoms with E-state index in [2.05, 4.69) is 25.7 Å². The number of aryl methyl sites for hydroxylation is 1. The summed E-state index contributed by atoms with van der Waals surface area (Å²) in [5, 5.41) is 15.5. The average Bonchev–Trinajstić information content (AvgIpc) is 3.17. The van der Waals surface area contributed by atoms with Gasteiger partial charge in [0.1, 0.15) is 11.6 Å². The highest BCUT2D eigenvalue weighted by Gasteiger charge is 2.24. The second kappa shape index (κ2) is 13.4. The second-order valence-corrected chi connectivity index (χ2v) is 8.94. The van der Waals surface area contributed by atoms with Crippen molar-refractivity contribution in [2.24, 2.45) is 0 Å². The van der Waals surface area contributed by atoms with Gasteiger partial charge in [0.25, 0.3) is 0 Å². The number of halogens is 1. The molecule has 2 aromatic carbocycles. The van der Waals surface area contributed by atoms with Crippen molar-refractivity contribution in [2.75, 3.05) is 19.8 Å². The van der Waals surface area contributed by atoms with Crippen LogP contribution in [0.2, 0.25) is 0 Å². The van der Waals surface area contributed by atoms with E-state index in [1.54, 1.807) is 16.8 Å². The number of unbranched alkanes of at least 4 members (excludes halogenated alkanes) is 1. The number of para-hydroxylation sites is 1. The summed E-state index contributed by atoms with van der Waals surface area (Å²) in [5.74, 6) is 0.801. The summed E-state index contributed by atoms with van der Waals surface area (Å²) in [6.45, 7) is 10.4. The lowest BCUT2D eigenvalue weighted by Crippen LogP contribution is -2.40. The number of aliphatic hydroxyl groups is 1. The Kier molecular flexibility index (Phi) is 10.3. The molecule has 7 heteroatoms. The van der Waals surface area contributed by atoms with Gasteiger partial charge in [-0.25, -0.2) is 9.07 Å². The van der Waals surface area contributed by atoms with Gasteiger partial charge in [0, 0.05) is 25.7 Å². The third-order valence-corrected chi connectivity index (χ3v) is 6.14. The standard InChI is InChI=1S/C28H38FN3O3/c1-5-7-17-34-20-25(33)18-31(21(3)6-2)19-27-22(4)30-32(24-11-9-8-10-12-24)28(27)35-26-15-13-23(29)14-16-26/h8-16,21,25,33H,5-7,17-20H2,1-4H3/t21-,25-/m1/s1. The fourth-order valence-electron chi connectivity index (χ4n) is 3.83. The van der Waals surface area contributed by atoms with Gasteiger partial charge in [0.2, 0.25) is 5.88 Å². The Hall–Kier alpha value is -2.74. The number of rotatable bonds is 14. The van der Waals surface area contributed by atoms with Gasteiger partial charge in [-0.3, -0.25) is 4.90 Å². The molecule has 1 N–H and O–H groups in total. The van der Waals surface area contributed by atoms with Gasteiger partial charge in [-0.05, 0) is 63.1 Å². The zero-order chi connectivity index (χ0) is 25.2. The molecule has 0 aliphatic heterocycles. The summed E-state index contributed by atoms with van der Waals surface area (Å²) in [6.07, 6.45) is 2.40. The summed E-state index contributed by atoms with van der Waals surface area (Å²) < 4.78 is 27.2. The fourth-order valence-corrected chi connectivity index (χ4v) is 3.83. The lowest BCUT2D eigenvalue weighted by Gasteiger charge is -2.30. The molecule has 2 atom stereocenters. The molecule has 0 saturated heterocycles. The van der Waals surface area contributed by atoms with Crippen LogP contribution in [0.15, 0.2) is 54.6 Å². The summed E-state index contributed by atoms with van der Waals surface area (Å²) in [4.78, 5) is 2.24. The predicted octanol–water partition coefficient (Wildman–Crippen LogP) is 5.89. The van der Waals surface area contributed by atoms with Gasteiger partial charge in [-0.15, -0.1) is 0 Å². The van der Waals surface area contributed by atoms with E-state index in [4.69, 9.17) is 14.6 Å². The van der Waals surface area contributed by atoms with Crippen molar-refractivity contribution in [3.8, 4) is 17.3 Å². The SMILES string of the molecule is CCCCOC[C@H](O)CN(Cc1c(C)nn(-c2ccccc2)c1Oc1ccc(F)cc1)[C@H](C)CC. The third-order valence-electron chi connectivity index (χ3n) is 6.14. The Balaban J connectivity index is 1.90. The van der Waals surface area contributed by atoms with Gasteiger partial charge in [-0.2, -0.15) is 5.10 Å². The molecular formula is C28H38FN3O3. The van der Waals surface area contributed by atoms with Crippen molar-refractivity contribution in [3.63, 3.8) is 0 Å². The first-order valence-corrected chi connectivity index (χ1v) is 12.5. The Morgan fingerprint density at radius 3 is 2.46 bits per heavy atom. The number of benzene rings is 2. The maximum absolute atomic E-state index is 13.5.